The maximum Gasteiger partial charge on any atom is 0.230 e. The maximum absolute atomic E-state index is 14.7. The number of nitrogens with one attached hydrogen (secondary N) is 3. The molecule has 1 aromatic heterocycles. The summed E-state index contributed by atoms with van der Waals surface area (Å²) >= 11 is 2.64. The van der Waals surface area contributed by atoms with Gasteiger partial charge in [0.05, 0.1) is 6.61 Å². The first-order valence-corrected chi connectivity index (χ1v) is 11.6. The molecule has 0 amide bonds. The number of rotatable bonds is 7. The van der Waals surface area contributed by atoms with E-state index in [1.807, 2.05) is 37.3 Å². The summed E-state index contributed by atoms with van der Waals surface area (Å²) in [5.74, 6) is -1.11. The van der Waals surface area contributed by atoms with E-state index in [9.17, 15) is 8.78 Å². The zero-order valence-corrected chi connectivity index (χ0v) is 19.4. The minimum absolute atomic E-state index is 0.0122. The minimum Gasteiger partial charge on any atom is -0.358 e. The molecule has 0 fully saturated rings. The van der Waals surface area contributed by atoms with Gasteiger partial charge in [0.15, 0.2) is 0 Å². The van der Waals surface area contributed by atoms with Crippen molar-refractivity contribution in [3.63, 3.8) is 0 Å². The molecule has 4 rings (SSSR count). The molecule has 8 nitrogen and oxygen atoms in total. The van der Waals surface area contributed by atoms with Crippen molar-refractivity contribution in [3.05, 3.63) is 76.3 Å². The van der Waals surface area contributed by atoms with Gasteiger partial charge in [-0.05, 0) is 30.7 Å². The van der Waals surface area contributed by atoms with Crippen LogP contribution in [-0.2, 0) is 9.71 Å². The number of hydrogen-bond donors (Lipinski definition) is 3. The highest BCUT2D eigenvalue weighted by molar-refractivity contribution is 8.15. The fourth-order valence-electron chi connectivity index (χ4n) is 3.28. The zero-order chi connectivity index (χ0) is 23.4. The number of benzene rings is 2. The standard InChI is InChI=1S/C21H21F2N7OS2/c1-13-26-27-20(32-13)30-21(14-6-4-3-5-7-14,10-11-31-29-19(24)25-2)33-18(28-30)16-12-15(22)8-9-17(16)23/h3-9,12H,10-11H2,1-2H3,(H3,24,25,29). The van der Waals surface area contributed by atoms with Crippen molar-refractivity contribution in [2.24, 2.45) is 5.10 Å². The van der Waals surface area contributed by atoms with Crippen LogP contribution in [0.2, 0.25) is 0 Å². The van der Waals surface area contributed by atoms with E-state index in [1.54, 1.807) is 12.1 Å². The molecule has 1 aliphatic rings. The van der Waals surface area contributed by atoms with Gasteiger partial charge in [-0.15, -0.1) is 10.2 Å². The number of guanidine groups is 1. The van der Waals surface area contributed by atoms with Crippen LogP contribution < -0.4 is 15.8 Å². The number of aryl methyl sites for hydroxylation is 1. The van der Waals surface area contributed by atoms with Crippen LogP contribution >= 0.6 is 23.1 Å². The first-order valence-electron chi connectivity index (χ1n) is 9.96. The lowest BCUT2D eigenvalue weighted by Crippen LogP contribution is -2.40. The molecule has 33 heavy (non-hydrogen) atoms. The third-order valence-electron chi connectivity index (χ3n) is 4.85. The lowest BCUT2D eigenvalue weighted by Gasteiger charge is -2.35. The topological polar surface area (TPSA) is 98.5 Å². The Bertz CT molecular complexity index is 1170. The van der Waals surface area contributed by atoms with Crippen molar-refractivity contribution in [2.75, 3.05) is 18.7 Å². The molecule has 0 bridgehead atoms. The van der Waals surface area contributed by atoms with Gasteiger partial charge >= 0.3 is 0 Å². The van der Waals surface area contributed by atoms with Gasteiger partial charge in [0, 0.05) is 19.0 Å². The number of nitrogens with zero attached hydrogens (tertiary/aromatic N) is 4. The van der Waals surface area contributed by atoms with Gasteiger partial charge in [0.2, 0.25) is 11.1 Å². The molecule has 0 radical (unpaired) electrons. The smallest absolute Gasteiger partial charge is 0.230 e. The molecular weight excluding hydrogens is 468 g/mol. The summed E-state index contributed by atoms with van der Waals surface area (Å²) in [6, 6.07) is 12.9. The highest BCUT2D eigenvalue weighted by atomic mass is 32.2. The highest BCUT2D eigenvalue weighted by Crippen LogP contribution is 2.52. The highest BCUT2D eigenvalue weighted by Gasteiger charge is 2.48. The average molecular weight is 490 g/mol. The summed E-state index contributed by atoms with van der Waals surface area (Å²) < 4.78 is 28.7. The predicted octanol–water partition coefficient (Wildman–Crippen LogP) is 3.96. The van der Waals surface area contributed by atoms with E-state index >= 15 is 0 Å². The second-order valence-corrected chi connectivity index (χ2v) is 9.45. The monoisotopic (exact) mass is 489 g/mol. The van der Waals surface area contributed by atoms with E-state index in [2.05, 4.69) is 26.1 Å². The predicted molar refractivity (Wildman–Crippen MR) is 126 cm³/mol. The molecule has 0 saturated heterocycles. The molecule has 1 atom stereocenters. The van der Waals surface area contributed by atoms with Gasteiger partial charge in [-0.2, -0.15) is 5.10 Å². The summed E-state index contributed by atoms with van der Waals surface area (Å²) in [6.07, 6.45) is 0.383. The van der Waals surface area contributed by atoms with Gasteiger partial charge < -0.3 is 5.32 Å². The Morgan fingerprint density at radius 1 is 1.18 bits per heavy atom. The molecule has 2 aromatic carbocycles. The lowest BCUT2D eigenvalue weighted by molar-refractivity contribution is 0.0740. The van der Waals surface area contributed by atoms with Crippen LogP contribution in [0, 0.1) is 24.0 Å². The van der Waals surface area contributed by atoms with Crippen molar-refractivity contribution in [1.82, 2.24) is 21.0 Å². The van der Waals surface area contributed by atoms with Crippen molar-refractivity contribution in [1.29, 1.82) is 5.41 Å². The molecule has 0 saturated carbocycles. The van der Waals surface area contributed by atoms with Crippen LogP contribution in [0.3, 0.4) is 0 Å². The molecule has 1 unspecified atom stereocenters. The fraction of sp³-hybridized carbons (Fsp3) is 0.238. The number of halogens is 2. The molecule has 3 aromatic rings. The summed E-state index contributed by atoms with van der Waals surface area (Å²) in [6.45, 7) is 2.02. The van der Waals surface area contributed by atoms with E-state index in [4.69, 9.17) is 10.2 Å². The third kappa shape index (κ3) is 4.82. The summed E-state index contributed by atoms with van der Waals surface area (Å²) in [4.78, 5) is 4.60. The van der Waals surface area contributed by atoms with E-state index < -0.39 is 16.5 Å². The van der Waals surface area contributed by atoms with E-state index in [0.717, 1.165) is 28.8 Å². The molecule has 0 aliphatic carbocycles. The Labute approximate surface area is 197 Å². The largest absolute Gasteiger partial charge is 0.358 e. The normalized spacial score (nSPS) is 17.7. The van der Waals surface area contributed by atoms with E-state index in [1.165, 1.54) is 23.1 Å². The van der Waals surface area contributed by atoms with Gasteiger partial charge in [0.1, 0.15) is 26.6 Å². The number of hydrazone groups is 1. The Hall–Kier alpha value is -3.09. The number of hydrogen-bond acceptors (Lipinski definition) is 8. The quantitative estimate of drug-likeness (QED) is 0.200. The molecule has 1 aliphatic heterocycles. The Balaban J connectivity index is 1.77. The fourth-order valence-corrected chi connectivity index (χ4v) is 5.41. The second kappa shape index (κ2) is 9.81. The Morgan fingerprint density at radius 3 is 2.67 bits per heavy atom. The molecular formula is C21H21F2N7OS2. The van der Waals surface area contributed by atoms with Gasteiger partial charge in [-0.3, -0.25) is 10.2 Å². The van der Waals surface area contributed by atoms with Crippen molar-refractivity contribution in [2.45, 2.75) is 18.2 Å². The number of aromatic nitrogens is 2. The molecule has 0 spiro atoms. The molecule has 2 heterocycles. The maximum atomic E-state index is 14.7. The van der Waals surface area contributed by atoms with E-state index in [0.29, 0.717) is 16.6 Å². The minimum atomic E-state index is -0.870. The average Bonchev–Trinajstić information content (AvgIpc) is 3.43. The summed E-state index contributed by atoms with van der Waals surface area (Å²) in [5.41, 5.74) is 3.46. The Morgan fingerprint density at radius 2 is 1.97 bits per heavy atom. The molecule has 12 heteroatoms. The van der Waals surface area contributed by atoms with Crippen LogP contribution in [0.4, 0.5) is 13.9 Å². The lowest BCUT2D eigenvalue weighted by atomic mass is 10.0. The molecule has 3 N–H and O–H groups in total. The number of anilines is 1. The zero-order valence-electron chi connectivity index (χ0n) is 17.8. The van der Waals surface area contributed by atoms with E-state index in [-0.39, 0.29) is 18.1 Å². The second-order valence-electron chi connectivity index (χ2n) is 7.02. The summed E-state index contributed by atoms with van der Waals surface area (Å²) in [5, 5.41) is 26.6. The third-order valence-corrected chi connectivity index (χ3v) is 7.11. The SMILES string of the molecule is CNC(=N)NOCCC1(c2ccccc2)SC(c2cc(F)ccc2F)=NN1c1nnc(C)s1. The first kappa shape index (κ1) is 23.1. The van der Waals surface area contributed by atoms with Crippen molar-refractivity contribution in [3.8, 4) is 0 Å². The number of thioether (sulfide) groups is 1. The Kier molecular flexibility index (Phi) is 6.86. The number of hydroxylamine groups is 1. The van der Waals surface area contributed by atoms with Gasteiger partial charge in [-0.25, -0.2) is 19.3 Å². The van der Waals surface area contributed by atoms with Crippen LogP contribution in [0.1, 0.15) is 22.6 Å². The summed E-state index contributed by atoms with van der Waals surface area (Å²) in [7, 11) is 1.60. The van der Waals surface area contributed by atoms with Crippen LogP contribution in [-0.4, -0.2) is 34.9 Å². The van der Waals surface area contributed by atoms with Gasteiger partial charge in [0.25, 0.3) is 0 Å². The van der Waals surface area contributed by atoms with Crippen molar-refractivity contribution >= 4 is 39.2 Å². The van der Waals surface area contributed by atoms with Crippen LogP contribution in [0.5, 0.6) is 0 Å². The van der Waals surface area contributed by atoms with Crippen LogP contribution in [0.25, 0.3) is 0 Å². The van der Waals surface area contributed by atoms with Crippen LogP contribution in [0.15, 0.2) is 53.6 Å². The van der Waals surface area contributed by atoms with Crippen molar-refractivity contribution < 1.29 is 13.6 Å². The first-order chi connectivity index (χ1) is 15.9. The van der Waals surface area contributed by atoms with Gasteiger partial charge in [-0.1, -0.05) is 53.4 Å². The molecule has 172 valence electrons.